The fourth-order valence-electron chi connectivity index (χ4n) is 2.50. The number of rotatable bonds is 1. The molecule has 0 amide bonds. The Morgan fingerprint density at radius 2 is 1.83 bits per heavy atom. The molecule has 0 bridgehead atoms. The lowest BCUT2D eigenvalue weighted by Crippen LogP contribution is -1.99. The number of carbonyl (C=O) groups excluding carboxylic acids is 1. The van der Waals surface area contributed by atoms with E-state index in [9.17, 15) is 4.79 Å². The first kappa shape index (κ1) is 9.97. The van der Waals surface area contributed by atoms with E-state index in [4.69, 9.17) is 0 Å². The zero-order chi connectivity index (χ0) is 12.1. The number of nitrogens with zero attached hydrogens (tertiary/aromatic N) is 1. The maximum absolute atomic E-state index is 11.2. The van der Waals surface area contributed by atoms with Crippen LogP contribution in [-0.4, -0.2) is 10.9 Å². The molecule has 2 aromatic carbocycles. The van der Waals surface area contributed by atoms with E-state index in [0.29, 0.717) is 0 Å². The van der Waals surface area contributed by atoms with Crippen LogP contribution in [0.4, 0.5) is 0 Å². The van der Waals surface area contributed by atoms with Crippen molar-refractivity contribution in [2.24, 2.45) is 0 Å². The van der Waals surface area contributed by atoms with Gasteiger partial charge < -0.3 is 4.57 Å². The predicted molar refractivity (Wildman–Crippen MR) is 72.8 cm³/mol. The number of fused-ring (bicyclic) bond motifs is 2. The van der Waals surface area contributed by atoms with Crippen molar-refractivity contribution in [3.05, 3.63) is 54.2 Å². The Hall–Kier alpha value is -2.00. The maximum atomic E-state index is 11.2. The Labute approximate surface area is 108 Å². The molecule has 2 heterocycles. The summed E-state index contributed by atoms with van der Waals surface area (Å²) in [6.07, 6.45) is 2.86. The second kappa shape index (κ2) is 3.50. The molecule has 3 heteroatoms. The zero-order valence-electron chi connectivity index (χ0n) is 9.46. The lowest BCUT2D eigenvalue weighted by molar-refractivity contribution is 0.112. The molecule has 0 fully saturated rings. The summed E-state index contributed by atoms with van der Waals surface area (Å²) in [6.45, 7) is 0. The van der Waals surface area contributed by atoms with E-state index in [-0.39, 0.29) is 0 Å². The minimum Gasteiger partial charge on any atom is -0.314 e. The van der Waals surface area contributed by atoms with Gasteiger partial charge in [0.15, 0.2) is 6.29 Å². The number of benzene rings is 2. The van der Waals surface area contributed by atoms with Gasteiger partial charge in [0, 0.05) is 26.9 Å². The minimum absolute atomic E-state index is 0.754. The van der Waals surface area contributed by atoms with Gasteiger partial charge in [-0.3, -0.25) is 4.79 Å². The molecular weight excluding hydrogens is 242 g/mol. The molecule has 0 aliphatic carbocycles. The van der Waals surface area contributed by atoms with Crippen molar-refractivity contribution >= 4 is 29.0 Å². The normalized spacial score (nSPS) is 12.4. The molecule has 0 spiro atoms. The number of para-hydroxylation sites is 2. The topological polar surface area (TPSA) is 22.0 Å². The molecule has 0 unspecified atom stereocenters. The average Bonchev–Trinajstić information content (AvgIpc) is 2.80. The Balaban J connectivity index is 2.21. The van der Waals surface area contributed by atoms with Gasteiger partial charge in [-0.05, 0) is 18.2 Å². The van der Waals surface area contributed by atoms with E-state index < -0.39 is 0 Å². The molecule has 86 valence electrons. The van der Waals surface area contributed by atoms with Crippen LogP contribution in [0.5, 0.6) is 0 Å². The van der Waals surface area contributed by atoms with E-state index in [1.807, 2.05) is 30.5 Å². The Bertz CT molecular complexity index is 788. The van der Waals surface area contributed by atoms with Crippen LogP contribution in [0.2, 0.25) is 0 Å². The third-order valence-electron chi connectivity index (χ3n) is 3.29. The van der Waals surface area contributed by atoms with Crippen LogP contribution in [0.3, 0.4) is 0 Å². The summed E-state index contributed by atoms with van der Waals surface area (Å²) in [5, 5.41) is 1.03. The highest BCUT2D eigenvalue weighted by Gasteiger charge is 2.20. The van der Waals surface area contributed by atoms with E-state index in [1.165, 1.54) is 9.79 Å². The van der Waals surface area contributed by atoms with E-state index in [1.54, 1.807) is 11.8 Å². The molecule has 3 aromatic rings. The summed E-state index contributed by atoms with van der Waals surface area (Å²) in [4.78, 5) is 13.6. The molecule has 0 saturated heterocycles. The molecule has 18 heavy (non-hydrogen) atoms. The minimum atomic E-state index is 0.754. The van der Waals surface area contributed by atoms with E-state index in [2.05, 4.69) is 22.8 Å². The zero-order valence-corrected chi connectivity index (χ0v) is 10.3. The average molecular weight is 251 g/mol. The van der Waals surface area contributed by atoms with Crippen LogP contribution >= 0.6 is 11.8 Å². The first-order valence-corrected chi connectivity index (χ1v) is 6.56. The highest BCUT2D eigenvalue weighted by Crippen LogP contribution is 2.43. The van der Waals surface area contributed by atoms with Gasteiger partial charge >= 0.3 is 0 Å². The predicted octanol–water partition coefficient (Wildman–Crippen LogP) is 3.91. The maximum Gasteiger partial charge on any atom is 0.152 e. The van der Waals surface area contributed by atoms with Crippen LogP contribution in [0.25, 0.3) is 16.6 Å². The van der Waals surface area contributed by atoms with Gasteiger partial charge in [-0.25, -0.2) is 0 Å². The van der Waals surface area contributed by atoms with Crippen LogP contribution in [0, 0.1) is 0 Å². The highest BCUT2D eigenvalue weighted by atomic mass is 32.2. The van der Waals surface area contributed by atoms with Crippen molar-refractivity contribution in [1.29, 1.82) is 0 Å². The molecule has 0 saturated carbocycles. The third-order valence-corrected chi connectivity index (χ3v) is 4.41. The lowest BCUT2D eigenvalue weighted by Gasteiger charge is -2.18. The molecule has 2 nitrogen and oxygen atoms in total. The van der Waals surface area contributed by atoms with Gasteiger partial charge in [-0.15, -0.1) is 0 Å². The second-order valence-corrected chi connectivity index (χ2v) is 5.38. The molecule has 0 radical (unpaired) electrons. The summed E-state index contributed by atoms with van der Waals surface area (Å²) in [6, 6.07) is 14.4. The standard InChI is InChI=1S/C15H9NOS/c17-9-10-8-16-12-5-1-2-6-13(12)18-14-7-3-4-11(10)15(14)16/h1-9H. The molecular formula is C15H9NOS. The van der Waals surface area contributed by atoms with Crippen LogP contribution < -0.4 is 0 Å². The first-order valence-electron chi connectivity index (χ1n) is 5.75. The lowest BCUT2D eigenvalue weighted by atomic mass is 10.2. The monoisotopic (exact) mass is 251 g/mol. The fraction of sp³-hybridized carbons (Fsp3) is 0. The largest absolute Gasteiger partial charge is 0.314 e. The van der Waals surface area contributed by atoms with Crippen molar-refractivity contribution in [2.45, 2.75) is 9.79 Å². The van der Waals surface area contributed by atoms with E-state index >= 15 is 0 Å². The Kier molecular flexibility index (Phi) is 1.94. The molecule has 0 N–H and O–H groups in total. The van der Waals surface area contributed by atoms with Crippen molar-refractivity contribution in [3.63, 3.8) is 0 Å². The van der Waals surface area contributed by atoms with Gasteiger partial charge in [0.25, 0.3) is 0 Å². The number of aldehydes is 1. The Morgan fingerprint density at radius 3 is 2.72 bits per heavy atom. The number of carbonyl (C=O) groups is 1. The van der Waals surface area contributed by atoms with Crippen LogP contribution in [-0.2, 0) is 0 Å². The van der Waals surface area contributed by atoms with Crippen LogP contribution in [0.15, 0.2) is 58.5 Å². The molecule has 0 atom stereocenters. The quantitative estimate of drug-likeness (QED) is 0.478. The molecule has 4 rings (SSSR count). The molecule has 1 aromatic heterocycles. The number of hydrogen-bond acceptors (Lipinski definition) is 2. The van der Waals surface area contributed by atoms with Crippen LogP contribution in [0.1, 0.15) is 10.4 Å². The fourth-order valence-corrected chi connectivity index (χ4v) is 3.61. The SMILES string of the molecule is O=Cc1cn2c3c(cccc13)Sc1ccccc1-2. The summed E-state index contributed by atoms with van der Waals surface area (Å²) < 4.78 is 2.13. The smallest absolute Gasteiger partial charge is 0.152 e. The van der Waals surface area contributed by atoms with Crippen molar-refractivity contribution < 1.29 is 4.79 Å². The number of hydrogen-bond donors (Lipinski definition) is 0. The number of aromatic nitrogens is 1. The van der Waals surface area contributed by atoms with Gasteiger partial charge in [0.1, 0.15) is 0 Å². The van der Waals surface area contributed by atoms with Gasteiger partial charge in [-0.2, -0.15) is 0 Å². The molecule has 1 aliphatic heterocycles. The van der Waals surface area contributed by atoms with Gasteiger partial charge in [-0.1, -0.05) is 36.0 Å². The summed E-state index contributed by atoms with van der Waals surface area (Å²) in [5.74, 6) is 0. The summed E-state index contributed by atoms with van der Waals surface area (Å²) in [5.41, 5.74) is 3.05. The van der Waals surface area contributed by atoms with E-state index in [0.717, 1.165) is 28.4 Å². The third kappa shape index (κ3) is 1.17. The second-order valence-electron chi connectivity index (χ2n) is 4.29. The van der Waals surface area contributed by atoms with Crippen molar-refractivity contribution in [2.75, 3.05) is 0 Å². The van der Waals surface area contributed by atoms with Crippen molar-refractivity contribution in [1.82, 2.24) is 4.57 Å². The van der Waals surface area contributed by atoms with Crippen molar-refractivity contribution in [3.8, 4) is 5.69 Å². The van der Waals surface area contributed by atoms with Gasteiger partial charge in [0.2, 0.25) is 0 Å². The first-order chi connectivity index (χ1) is 8.88. The summed E-state index contributed by atoms with van der Waals surface area (Å²) >= 11 is 1.76. The summed E-state index contributed by atoms with van der Waals surface area (Å²) in [7, 11) is 0. The Morgan fingerprint density at radius 1 is 1.00 bits per heavy atom. The van der Waals surface area contributed by atoms with Gasteiger partial charge in [0.05, 0.1) is 11.2 Å². The highest BCUT2D eigenvalue weighted by molar-refractivity contribution is 7.99. The molecule has 1 aliphatic rings.